The van der Waals surface area contributed by atoms with Gasteiger partial charge in [-0.2, -0.15) is 4.99 Å². The summed E-state index contributed by atoms with van der Waals surface area (Å²) >= 11 is 4.60. The third kappa shape index (κ3) is 3.37. The molecule has 0 amide bonds. The Kier molecular flexibility index (Phi) is 4.30. The van der Waals surface area contributed by atoms with Crippen molar-refractivity contribution >= 4 is 17.4 Å². The maximum Gasteiger partial charge on any atom is 0.184 e. The summed E-state index contributed by atoms with van der Waals surface area (Å²) in [5.74, 6) is 0.722. The second-order valence-corrected chi connectivity index (χ2v) is 4.85. The van der Waals surface area contributed by atoms with E-state index < -0.39 is 0 Å². The summed E-state index contributed by atoms with van der Waals surface area (Å²) in [6.45, 7) is 0. The molecule has 2 nitrogen and oxygen atoms in total. The fourth-order valence-electron chi connectivity index (χ4n) is 2.61. The summed E-state index contributed by atoms with van der Waals surface area (Å²) in [5.41, 5.74) is 0. The molecule has 2 fully saturated rings. The van der Waals surface area contributed by atoms with Crippen LogP contribution in [0.25, 0.3) is 0 Å². The smallest absolute Gasteiger partial charge is 0.184 e. The Labute approximate surface area is 97.1 Å². The maximum atomic E-state index is 5.54. The minimum absolute atomic E-state index is 0.0493. The average molecular weight is 225 g/mol. The van der Waals surface area contributed by atoms with Crippen LogP contribution in [0, 0.1) is 5.92 Å². The van der Waals surface area contributed by atoms with Crippen molar-refractivity contribution < 1.29 is 4.74 Å². The highest BCUT2D eigenvalue weighted by atomic mass is 32.1. The largest absolute Gasteiger partial charge is 0.345 e. The van der Waals surface area contributed by atoms with E-state index in [4.69, 9.17) is 4.74 Å². The second kappa shape index (κ2) is 5.74. The summed E-state index contributed by atoms with van der Waals surface area (Å²) in [7, 11) is 0. The number of hydrogen-bond donors (Lipinski definition) is 0. The van der Waals surface area contributed by atoms with Crippen LogP contribution >= 0.6 is 12.2 Å². The fourth-order valence-corrected chi connectivity index (χ4v) is 2.71. The van der Waals surface area contributed by atoms with Crippen LogP contribution in [-0.2, 0) is 4.74 Å². The van der Waals surface area contributed by atoms with Crippen LogP contribution in [0.2, 0.25) is 0 Å². The molecule has 1 aliphatic heterocycles. The molecule has 0 radical (unpaired) electrons. The summed E-state index contributed by atoms with van der Waals surface area (Å²) in [5, 5.41) is 2.42. The molecule has 0 aromatic carbocycles. The molecule has 0 N–H and O–H groups in total. The molecule has 2 unspecified atom stereocenters. The van der Waals surface area contributed by atoms with Gasteiger partial charge in [-0.1, -0.05) is 38.5 Å². The van der Waals surface area contributed by atoms with Crippen molar-refractivity contribution in [2.45, 2.75) is 63.7 Å². The number of epoxide rings is 1. The highest BCUT2D eigenvalue weighted by molar-refractivity contribution is 7.78. The first-order valence-corrected chi connectivity index (χ1v) is 6.55. The van der Waals surface area contributed by atoms with Crippen molar-refractivity contribution in [2.75, 3.05) is 0 Å². The van der Waals surface area contributed by atoms with Gasteiger partial charge in [0.2, 0.25) is 0 Å². The molecular weight excluding hydrogens is 206 g/mol. The molecule has 2 atom stereocenters. The lowest BCUT2D eigenvalue weighted by Gasteiger charge is -2.11. The molecule has 1 saturated heterocycles. The number of hydrogen-bond acceptors (Lipinski definition) is 3. The molecule has 3 heteroatoms. The number of rotatable bonds is 2. The molecule has 1 aliphatic carbocycles. The number of thiocarbonyl (C=S) groups is 1. The molecule has 15 heavy (non-hydrogen) atoms. The van der Waals surface area contributed by atoms with Gasteiger partial charge in [0.15, 0.2) is 6.23 Å². The minimum atomic E-state index is 0.0493. The lowest BCUT2D eigenvalue weighted by atomic mass is 9.93. The Morgan fingerprint density at radius 2 is 1.60 bits per heavy atom. The van der Waals surface area contributed by atoms with E-state index in [0.29, 0.717) is 6.10 Å². The topological polar surface area (TPSA) is 24.9 Å². The molecule has 0 aromatic rings. The van der Waals surface area contributed by atoms with E-state index in [1.807, 2.05) is 0 Å². The van der Waals surface area contributed by atoms with Crippen LogP contribution in [0.5, 0.6) is 0 Å². The highest BCUT2D eigenvalue weighted by Gasteiger charge is 2.44. The quantitative estimate of drug-likeness (QED) is 0.408. The van der Waals surface area contributed by atoms with Gasteiger partial charge < -0.3 is 4.74 Å². The second-order valence-electron chi connectivity index (χ2n) is 4.67. The van der Waals surface area contributed by atoms with E-state index in [1.54, 1.807) is 0 Å². The van der Waals surface area contributed by atoms with Crippen LogP contribution in [-0.4, -0.2) is 17.5 Å². The molecule has 0 spiro atoms. The lowest BCUT2D eigenvalue weighted by molar-refractivity contribution is 0.289. The Bertz CT molecular complexity index is 240. The first-order chi connectivity index (χ1) is 7.42. The van der Waals surface area contributed by atoms with Crippen molar-refractivity contribution in [3.8, 4) is 0 Å². The average Bonchev–Trinajstić information content (AvgIpc) is 2.96. The maximum absolute atomic E-state index is 5.54. The van der Waals surface area contributed by atoms with Gasteiger partial charge in [0, 0.05) is 0 Å². The van der Waals surface area contributed by atoms with E-state index >= 15 is 0 Å². The molecule has 0 aromatic heterocycles. The Morgan fingerprint density at radius 3 is 2.20 bits per heavy atom. The monoisotopic (exact) mass is 225 g/mol. The zero-order valence-corrected chi connectivity index (χ0v) is 9.97. The molecule has 1 saturated carbocycles. The minimum Gasteiger partial charge on any atom is -0.345 e. The molecular formula is C12H19NOS. The fraction of sp³-hybridized carbons (Fsp3) is 0.917. The van der Waals surface area contributed by atoms with Gasteiger partial charge in [0.05, 0.1) is 5.16 Å². The molecule has 84 valence electrons. The molecule has 1 heterocycles. The van der Waals surface area contributed by atoms with Gasteiger partial charge in [-0.25, -0.2) is 0 Å². The Hall–Kier alpha value is -0.240. The molecule has 2 aliphatic rings. The van der Waals surface area contributed by atoms with Gasteiger partial charge in [0.1, 0.15) is 6.10 Å². The summed E-state index contributed by atoms with van der Waals surface area (Å²) in [4.78, 5) is 4.01. The number of ether oxygens (including phenoxy) is 1. The summed E-state index contributed by atoms with van der Waals surface area (Å²) in [6.07, 6.45) is 11.4. The van der Waals surface area contributed by atoms with E-state index in [0.717, 1.165) is 5.92 Å². The lowest BCUT2D eigenvalue weighted by Crippen LogP contribution is -2.10. The number of isothiocyanates is 1. The van der Waals surface area contributed by atoms with E-state index in [1.165, 1.54) is 51.4 Å². The third-order valence-electron chi connectivity index (χ3n) is 3.55. The first kappa shape index (κ1) is 11.3. The van der Waals surface area contributed by atoms with Gasteiger partial charge in [-0.3, -0.25) is 0 Å². The van der Waals surface area contributed by atoms with Crippen molar-refractivity contribution in [1.29, 1.82) is 0 Å². The van der Waals surface area contributed by atoms with Crippen molar-refractivity contribution in [3.05, 3.63) is 0 Å². The zero-order valence-electron chi connectivity index (χ0n) is 9.15. The van der Waals surface area contributed by atoms with Crippen molar-refractivity contribution in [1.82, 2.24) is 0 Å². The molecule has 0 bridgehead atoms. The predicted molar refractivity (Wildman–Crippen MR) is 64.1 cm³/mol. The van der Waals surface area contributed by atoms with Crippen LogP contribution in [0.1, 0.15) is 51.4 Å². The summed E-state index contributed by atoms with van der Waals surface area (Å²) < 4.78 is 5.54. The summed E-state index contributed by atoms with van der Waals surface area (Å²) in [6, 6.07) is 0. The first-order valence-electron chi connectivity index (χ1n) is 6.14. The van der Waals surface area contributed by atoms with Gasteiger partial charge in [-0.05, 0) is 31.0 Å². The number of aliphatic imine (C=N–C) groups is 1. The van der Waals surface area contributed by atoms with E-state index in [9.17, 15) is 0 Å². The van der Waals surface area contributed by atoms with Gasteiger partial charge in [0.25, 0.3) is 0 Å². The number of nitrogens with zero attached hydrogens (tertiary/aromatic N) is 1. The normalized spacial score (nSPS) is 33.3. The van der Waals surface area contributed by atoms with Crippen LogP contribution < -0.4 is 0 Å². The highest BCUT2D eigenvalue weighted by Crippen LogP contribution is 2.37. The van der Waals surface area contributed by atoms with Gasteiger partial charge >= 0.3 is 0 Å². The van der Waals surface area contributed by atoms with E-state index in [-0.39, 0.29) is 6.23 Å². The van der Waals surface area contributed by atoms with Crippen LogP contribution in [0.4, 0.5) is 0 Å². The van der Waals surface area contributed by atoms with Crippen molar-refractivity contribution in [3.63, 3.8) is 0 Å². The predicted octanol–water partition coefficient (Wildman–Crippen LogP) is 3.56. The van der Waals surface area contributed by atoms with Crippen LogP contribution in [0.3, 0.4) is 0 Å². The standard InChI is InChI=1S/C12H19NOS/c15-9-13-12-11(14-12)10-7-5-3-1-2-4-6-8-10/h10-12H,1-8H2. The third-order valence-corrected chi connectivity index (χ3v) is 3.65. The molecule has 2 rings (SSSR count). The van der Waals surface area contributed by atoms with Gasteiger partial charge in [-0.15, -0.1) is 0 Å². The SMILES string of the molecule is S=C=NC1OC1C1CCCCCCCC1. The van der Waals surface area contributed by atoms with Crippen molar-refractivity contribution in [2.24, 2.45) is 10.9 Å². The van der Waals surface area contributed by atoms with Crippen LogP contribution in [0.15, 0.2) is 4.99 Å². The Morgan fingerprint density at radius 1 is 1.00 bits per heavy atom. The Balaban J connectivity index is 1.81. The zero-order chi connectivity index (χ0) is 10.5. The van der Waals surface area contributed by atoms with E-state index in [2.05, 4.69) is 22.4 Å².